The van der Waals surface area contributed by atoms with Gasteiger partial charge in [-0.15, -0.1) is 11.3 Å². The normalized spacial score (nSPS) is 22.3. The fourth-order valence-corrected chi connectivity index (χ4v) is 7.77. The van der Waals surface area contributed by atoms with Gasteiger partial charge in [0, 0.05) is 47.7 Å². The highest BCUT2D eigenvalue weighted by molar-refractivity contribution is 7.89. The molecule has 2 atom stereocenters. The Labute approximate surface area is 206 Å². The number of benzene rings is 1. The van der Waals surface area contributed by atoms with Crippen LogP contribution < -0.4 is 5.32 Å². The third-order valence-electron chi connectivity index (χ3n) is 6.55. The zero-order chi connectivity index (χ0) is 24.0. The number of piperazine rings is 1. The largest absolute Gasteiger partial charge is 0.378 e. The molecule has 34 heavy (non-hydrogen) atoms. The van der Waals surface area contributed by atoms with E-state index in [1.807, 2.05) is 29.2 Å². The molecule has 4 rings (SSSR count). The van der Waals surface area contributed by atoms with Crippen molar-refractivity contribution in [2.24, 2.45) is 0 Å². The molecule has 1 unspecified atom stereocenters. The van der Waals surface area contributed by atoms with Crippen LogP contribution in [0, 0.1) is 0 Å². The minimum absolute atomic E-state index is 0.0297. The van der Waals surface area contributed by atoms with Crippen LogP contribution in [0.2, 0.25) is 0 Å². The van der Waals surface area contributed by atoms with Gasteiger partial charge in [-0.25, -0.2) is 8.42 Å². The number of hydrogen-bond acceptors (Lipinski definition) is 7. The van der Waals surface area contributed by atoms with Gasteiger partial charge in [0.1, 0.15) is 11.5 Å². The van der Waals surface area contributed by atoms with Crippen LogP contribution in [-0.2, 0) is 24.3 Å². The van der Waals surface area contributed by atoms with Crippen LogP contribution in [0.1, 0.15) is 32.6 Å². The van der Waals surface area contributed by atoms with Crippen LogP contribution in [-0.4, -0.2) is 88.2 Å². The highest BCUT2D eigenvalue weighted by atomic mass is 32.2. The van der Waals surface area contributed by atoms with E-state index < -0.39 is 16.1 Å². The first-order valence-corrected chi connectivity index (χ1v) is 14.5. The second-order valence-corrected chi connectivity index (χ2v) is 11.7. The van der Waals surface area contributed by atoms with Crippen molar-refractivity contribution in [2.45, 2.75) is 49.6 Å². The number of nitrogens with zero attached hydrogens (tertiary/aromatic N) is 2. The lowest BCUT2D eigenvalue weighted by Crippen LogP contribution is -2.55. The third-order valence-corrected chi connectivity index (χ3v) is 9.66. The van der Waals surface area contributed by atoms with Gasteiger partial charge in [-0.3, -0.25) is 4.79 Å². The number of hydrogen-bond donors (Lipinski definition) is 1. The van der Waals surface area contributed by atoms with Crippen LogP contribution in [0.25, 0.3) is 10.1 Å². The molecule has 0 bridgehead atoms. The first-order valence-electron chi connectivity index (χ1n) is 12.2. The van der Waals surface area contributed by atoms with Gasteiger partial charge in [0.05, 0.1) is 25.9 Å². The minimum Gasteiger partial charge on any atom is -0.378 e. The van der Waals surface area contributed by atoms with Crippen LogP contribution in [0.3, 0.4) is 0 Å². The Morgan fingerprint density at radius 2 is 2.09 bits per heavy atom. The molecule has 1 amide bonds. The van der Waals surface area contributed by atoms with Gasteiger partial charge in [-0.1, -0.05) is 44.4 Å². The molecule has 10 heteroatoms. The second-order valence-electron chi connectivity index (χ2n) is 8.90. The molecule has 3 heterocycles. The third kappa shape index (κ3) is 5.80. The first kappa shape index (κ1) is 25.5. The van der Waals surface area contributed by atoms with E-state index in [1.54, 1.807) is 5.38 Å². The number of rotatable bonds is 10. The second kappa shape index (κ2) is 11.9. The maximum atomic E-state index is 13.5. The van der Waals surface area contributed by atoms with Gasteiger partial charge < -0.3 is 19.7 Å². The number of amides is 1. The van der Waals surface area contributed by atoms with Crippen molar-refractivity contribution < 1.29 is 22.7 Å². The van der Waals surface area contributed by atoms with Gasteiger partial charge >= 0.3 is 0 Å². The molecule has 0 radical (unpaired) electrons. The van der Waals surface area contributed by atoms with Crippen LogP contribution >= 0.6 is 11.3 Å². The summed E-state index contributed by atoms with van der Waals surface area (Å²) in [5, 5.41) is 5.82. The van der Waals surface area contributed by atoms with Crippen molar-refractivity contribution >= 4 is 37.4 Å². The lowest BCUT2D eigenvalue weighted by molar-refractivity contribution is -0.140. The average molecular weight is 510 g/mol. The van der Waals surface area contributed by atoms with Crippen LogP contribution in [0.15, 0.2) is 34.5 Å². The molecule has 0 aliphatic carbocycles. The van der Waals surface area contributed by atoms with Crippen molar-refractivity contribution in [3.05, 3.63) is 29.6 Å². The Balaban J connectivity index is 1.37. The van der Waals surface area contributed by atoms with E-state index >= 15 is 0 Å². The molecular formula is C24H35N3O5S2. The maximum absolute atomic E-state index is 13.5. The monoisotopic (exact) mass is 509 g/mol. The summed E-state index contributed by atoms with van der Waals surface area (Å²) in [6.45, 7) is 5.40. The molecule has 2 aromatic rings. The van der Waals surface area contributed by atoms with Crippen LogP contribution in [0.5, 0.6) is 0 Å². The van der Waals surface area contributed by atoms with Gasteiger partial charge in [-0.2, -0.15) is 4.31 Å². The van der Waals surface area contributed by atoms with E-state index in [2.05, 4.69) is 12.2 Å². The van der Waals surface area contributed by atoms with Gasteiger partial charge in [0.2, 0.25) is 15.9 Å². The lowest BCUT2D eigenvalue weighted by Gasteiger charge is -2.37. The number of carbonyl (C=O) groups excluding carboxylic acids is 1. The molecule has 1 aromatic carbocycles. The van der Waals surface area contributed by atoms with E-state index in [-0.39, 0.29) is 38.3 Å². The molecule has 0 spiro atoms. The Kier molecular flexibility index (Phi) is 8.95. The van der Waals surface area contributed by atoms with E-state index in [0.717, 1.165) is 42.4 Å². The quantitative estimate of drug-likeness (QED) is 0.496. The Morgan fingerprint density at radius 3 is 2.94 bits per heavy atom. The number of sulfonamides is 1. The summed E-state index contributed by atoms with van der Waals surface area (Å²) in [6, 6.07) is 7.26. The molecule has 2 fully saturated rings. The zero-order valence-electron chi connectivity index (χ0n) is 19.8. The van der Waals surface area contributed by atoms with E-state index in [0.29, 0.717) is 18.0 Å². The standard InChI is InChI=1S/C24H35N3O5S2/c1-2-3-4-7-19-14-25-10-11-26(19)24(28)17-32-16-20-15-31-13-12-27(20)34(29,30)23-18-33-22-9-6-5-8-21(22)23/h5-6,8-9,18-20,25H,2-4,7,10-17H2,1H3/t19?,20-/m0/s1. The molecule has 8 nitrogen and oxygen atoms in total. The number of ether oxygens (including phenoxy) is 2. The summed E-state index contributed by atoms with van der Waals surface area (Å²) in [5.41, 5.74) is 0. The van der Waals surface area contributed by atoms with E-state index in [1.165, 1.54) is 22.1 Å². The van der Waals surface area contributed by atoms with Gasteiger partial charge in [0.25, 0.3) is 0 Å². The fraction of sp³-hybridized carbons (Fsp3) is 0.625. The number of unbranched alkanes of at least 4 members (excludes halogenated alkanes) is 2. The van der Waals surface area contributed by atoms with E-state index in [4.69, 9.17) is 9.47 Å². The number of carbonyl (C=O) groups is 1. The molecule has 188 valence electrons. The SMILES string of the molecule is CCCCCC1CNCCN1C(=O)COC[C@@H]1COCCN1S(=O)(=O)c1csc2ccccc12. The molecule has 2 saturated heterocycles. The lowest BCUT2D eigenvalue weighted by atomic mass is 10.0. The molecular weight excluding hydrogens is 474 g/mol. The van der Waals surface area contributed by atoms with Gasteiger partial charge in [-0.05, 0) is 12.5 Å². The molecule has 1 aromatic heterocycles. The Bertz CT molecular complexity index is 1060. The number of fused-ring (bicyclic) bond motifs is 1. The number of morpholine rings is 1. The predicted molar refractivity (Wildman–Crippen MR) is 134 cm³/mol. The van der Waals surface area contributed by atoms with Crippen molar-refractivity contribution in [1.29, 1.82) is 0 Å². The summed E-state index contributed by atoms with van der Waals surface area (Å²) in [7, 11) is -3.71. The van der Waals surface area contributed by atoms with Crippen molar-refractivity contribution in [3.63, 3.8) is 0 Å². The Hall–Kier alpha value is -1.56. The first-order chi connectivity index (χ1) is 16.5. The Morgan fingerprint density at radius 1 is 1.24 bits per heavy atom. The maximum Gasteiger partial charge on any atom is 0.248 e. The van der Waals surface area contributed by atoms with Gasteiger partial charge in [0.15, 0.2) is 0 Å². The molecule has 2 aliphatic rings. The van der Waals surface area contributed by atoms with Crippen molar-refractivity contribution in [1.82, 2.24) is 14.5 Å². The van der Waals surface area contributed by atoms with Crippen LogP contribution in [0.4, 0.5) is 0 Å². The number of thiophene rings is 1. The summed E-state index contributed by atoms with van der Waals surface area (Å²) in [6.07, 6.45) is 4.42. The summed E-state index contributed by atoms with van der Waals surface area (Å²) in [5.74, 6) is -0.0297. The minimum atomic E-state index is -3.71. The highest BCUT2D eigenvalue weighted by Crippen LogP contribution is 2.32. The summed E-state index contributed by atoms with van der Waals surface area (Å²) >= 11 is 1.43. The smallest absolute Gasteiger partial charge is 0.248 e. The van der Waals surface area contributed by atoms with Crippen molar-refractivity contribution in [3.8, 4) is 0 Å². The topological polar surface area (TPSA) is 88.2 Å². The number of nitrogens with one attached hydrogen (secondary N) is 1. The fourth-order valence-electron chi connectivity index (χ4n) is 4.71. The summed E-state index contributed by atoms with van der Waals surface area (Å²) < 4.78 is 40.8. The summed E-state index contributed by atoms with van der Waals surface area (Å²) in [4.78, 5) is 15.2. The van der Waals surface area contributed by atoms with Crippen molar-refractivity contribution in [2.75, 3.05) is 52.6 Å². The molecule has 1 N–H and O–H groups in total. The average Bonchev–Trinajstić information content (AvgIpc) is 3.30. The van der Waals surface area contributed by atoms with E-state index in [9.17, 15) is 13.2 Å². The highest BCUT2D eigenvalue weighted by Gasteiger charge is 2.36. The molecule has 0 saturated carbocycles. The molecule has 2 aliphatic heterocycles. The predicted octanol–water partition coefficient (Wildman–Crippen LogP) is 2.69. The zero-order valence-corrected chi connectivity index (χ0v) is 21.4.